The number of hydrogen-bond acceptors (Lipinski definition) is 5. The molecule has 1 atom stereocenters. The molecular weight excluding hydrogens is 698 g/mol. The van der Waals surface area contributed by atoms with E-state index in [4.69, 9.17) is 26.1 Å². The lowest BCUT2D eigenvalue weighted by Crippen LogP contribution is -2.43. The number of carbonyl (C=O) groups is 2. The van der Waals surface area contributed by atoms with Gasteiger partial charge >= 0.3 is 0 Å². The maximum Gasteiger partial charge on any atom is 0.227 e. The van der Waals surface area contributed by atoms with Gasteiger partial charge in [0, 0.05) is 71.9 Å². The second-order valence-electron chi connectivity index (χ2n) is 11.9. The maximum absolute atomic E-state index is 13.4. The number of aromatic nitrogens is 1. The predicted molar refractivity (Wildman–Crippen MR) is 175 cm³/mol. The minimum atomic E-state index is -0.485. The molecule has 1 aliphatic carbocycles. The van der Waals surface area contributed by atoms with Gasteiger partial charge < -0.3 is 19.3 Å². The molecule has 7 nitrogen and oxygen atoms in total. The van der Waals surface area contributed by atoms with Crippen LogP contribution in [0.25, 0.3) is 0 Å². The number of hydrogen-bond donors (Lipinski definition) is 0. The Balaban J connectivity index is 1.18. The van der Waals surface area contributed by atoms with E-state index in [0.717, 1.165) is 71.3 Å². The second kappa shape index (κ2) is 15.2. The van der Waals surface area contributed by atoms with Crippen LogP contribution in [0.2, 0.25) is 5.02 Å². The number of nitrogens with zero attached hydrogens (tertiary/aromatic N) is 3. The monoisotopic (exact) mass is 737 g/mol. The molecule has 1 aromatic carbocycles. The molecule has 2 amide bonds. The van der Waals surface area contributed by atoms with Gasteiger partial charge in [-0.15, -0.1) is 0 Å². The lowest BCUT2D eigenvalue weighted by atomic mass is 9.76. The third-order valence-electron chi connectivity index (χ3n) is 9.26. The summed E-state index contributed by atoms with van der Waals surface area (Å²) in [6.07, 6.45) is 7.68. The van der Waals surface area contributed by atoms with Crippen LogP contribution in [-0.4, -0.2) is 72.3 Å². The minimum absolute atomic E-state index is 0.0659. The van der Waals surface area contributed by atoms with E-state index in [1.54, 1.807) is 0 Å². The van der Waals surface area contributed by atoms with Gasteiger partial charge in [-0.25, -0.2) is 0 Å². The van der Waals surface area contributed by atoms with Crippen molar-refractivity contribution in [3.05, 3.63) is 60.7 Å². The fourth-order valence-electron chi connectivity index (χ4n) is 7.08. The fourth-order valence-corrected chi connectivity index (χ4v) is 8.58. The summed E-state index contributed by atoms with van der Waals surface area (Å²) >= 11 is 13.9. The van der Waals surface area contributed by atoms with Crippen molar-refractivity contribution in [2.75, 3.05) is 39.4 Å². The number of benzene rings is 1. The Morgan fingerprint density at radius 3 is 2.23 bits per heavy atom. The molecule has 0 spiro atoms. The van der Waals surface area contributed by atoms with Crippen LogP contribution in [0.4, 0.5) is 0 Å². The van der Waals surface area contributed by atoms with Crippen LogP contribution in [0.1, 0.15) is 80.7 Å². The number of amides is 2. The third-order valence-corrected chi connectivity index (χ3v) is 10.6. The highest BCUT2D eigenvalue weighted by Gasteiger charge is 2.37. The number of carbonyl (C=O) groups excluding carboxylic acids is 2. The minimum Gasteiger partial charge on any atom is -0.352 e. The predicted octanol–water partition coefficient (Wildman–Crippen LogP) is 7.15. The number of rotatable bonds is 9. The van der Waals surface area contributed by atoms with Crippen LogP contribution in [-0.2, 0) is 31.9 Å². The highest BCUT2D eigenvalue weighted by atomic mass is 79.9. The van der Waals surface area contributed by atoms with Gasteiger partial charge in [0.2, 0.25) is 11.8 Å². The van der Waals surface area contributed by atoms with Crippen molar-refractivity contribution in [2.45, 2.75) is 77.4 Å². The number of halogens is 3. The fraction of sp³-hybridized carbons (Fsp3) is 0.606. The lowest BCUT2D eigenvalue weighted by molar-refractivity contribution is -0.160. The Kier molecular flexibility index (Phi) is 11.6. The molecule has 10 heteroatoms. The van der Waals surface area contributed by atoms with Gasteiger partial charge in [-0.2, -0.15) is 0 Å². The van der Waals surface area contributed by atoms with E-state index in [2.05, 4.69) is 48.9 Å². The standard InChI is InChI=1S/C33H42Br2ClN3O4/c1-3-42-30(43-4-2)19-29(41)38-11-7-21(8-12-38)15-28(40)39-13-9-22(10-14-39)32-31-23(17-26(36)18-27(31)35)5-6-24-16-25(34)20-37-33(24)32/h16-18,20-22,30,32H,3-15,19H2,1-2H3/t32-/m1/s1. The summed E-state index contributed by atoms with van der Waals surface area (Å²) < 4.78 is 13.2. The summed E-state index contributed by atoms with van der Waals surface area (Å²) in [5.74, 6) is 1.17. The molecular formula is C33H42Br2ClN3O4. The largest absolute Gasteiger partial charge is 0.352 e. The first-order chi connectivity index (χ1) is 20.8. The lowest BCUT2D eigenvalue weighted by Gasteiger charge is -2.38. The topological polar surface area (TPSA) is 72.0 Å². The maximum atomic E-state index is 13.4. The zero-order valence-corrected chi connectivity index (χ0v) is 29.1. The van der Waals surface area contributed by atoms with Gasteiger partial charge in [-0.1, -0.05) is 27.5 Å². The molecule has 1 aromatic heterocycles. The molecule has 5 rings (SSSR count). The van der Waals surface area contributed by atoms with E-state index < -0.39 is 6.29 Å². The summed E-state index contributed by atoms with van der Waals surface area (Å²) in [7, 11) is 0. The van der Waals surface area contributed by atoms with E-state index >= 15 is 0 Å². The number of aryl methyl sites for hydroxylation is 2. The molecule has 3 aliphatic rings. The zero-order chi connectivity index (χ0) is 30.5. The van der Waals surface area contributed by atoms with Crippen molar-refractivity contribution < 1.29 is 19.1 Å². The molecule has 43 heavy (non-hydrogen) atoms. The van der Waals surface area contributed by atoms with Crippen molar-refractivity contribution in [1.82, 2.24) is 14.8 Å². The summed E-state index contributed by atoms with van der Waals surface area (Å²) in [4.78, 5) is 35.1. The average molecular weight is 740 g/mol. The van der Waals surface area contributed by atoms with Crippen LogP contribution in [0.15, 0.2) is 33.3 Å². The molecule has 2 aliphatic heterocycles. The smallest absolute Gasteiger partial charge is 0.227 e. The quantitative estimate of drug-likeness (QED) is 0.256. The van der Waals surface area contributed by atoms with Crippen LogP contribution in [0.3, 0.4) is 0 Å². The Morgan fingerprint density at radius 1 is 0.930 bits per heavy atom. The van der Waals surface area contributed by atoms with Crippen molar-refractivity contribution >= 4 is 55.3 Å². The molecule has 0 saturated carbocycles. The molecule has 0 N–H and O–H groups in total. The first-order valence-electron chi connectivity index (χ1n) is 15.7. The molecule has 2 saturated heterocycles. The van der Waals surface area contributed by atoms with Crippen molar-refractivity contribution in [3.63, 3.8) is 0 Å². The molecule has 3 heterocycles. The molecule has 2 fully saturated rings. The summed E-state index contributed by atoms with van der Waals surface area (Å²) in [6, 6.07) is 6.33. The van der Waals surface area contributed by atoms with Crippen molar-refractivity contribution in [3.8, 4) is 0 Å². The Hall–Kier alpha value is -1.52. The SMILES string of the molecule is CCOC(CC(=O)N1CCC(CC(=O)N2CCC([C@H]3c4ncc(Br)cc4CCc4cc(Cl)cc(Br)c43)CC2)CC1)OCC. The highest BCUT2D eigenvalue weighted by Crippen LogP contribution is 2.46. The Bertz CT molecular complexity index is 1290. The summed E-state index contributed by atoms with van der Waals surface area (Å²) in [5.41, 5.74) is 5.03. The number of piperidine rings is 2. The second-order valence-corrected chi connectivity index (χ2v) is 14.1. The normalized spacial score (nSPS) is 19.7. The highest BCUT2D eigenvalue weighted by molar-refractivity contribution is 9.10. The molecule has 2 aromatic rings. The van der Waals surface area contributed by atoms with Crippen LogP contribution in [0.5, 0.6) is 0 Å². The van der Waals surface area contributed by atoms with Crippen LogP contribution in [0, 0.1) is 11.8 Å². The van der Waals surface area contributed by atoms with Gasteiger partial charge in [0.05, 0.1) is 12.1 Å². The van der Waals surface area contributed by atoms with Crippen LogP contribution >= 0.6 is 43.5 Å². The number of likely N-dealkylation sites (tertiary alicyclic amines) is 2. The van der Waals surface area contributed by atoms with E-state index in [0.29, 0.717) is 44.6 Å². The molecule has 0 bridgehead atoms. The average Bonchev–Trinajstić information content (AvgIpc) is 3.14. The molecule has 0 radical (unpaired) electrons. The van der Waals surface area contributed by atoms with Gasteiger partial charge in [0.1, 0.15) is 0 Å². The first kappa shape index (κ1) is 32.9. The van der Waals surface area contributed by atoms with Crippen molar-refractivity contribution in [2.24, 2.45) is 11.8 Å². The van der Waals surface area contributed by atoms with E-state index in [9.17, 15) is 9.59 Å². The number of fused-ring (bicyclic) bond motifs is 2. The van der Waals surface area contributed by atoms with E-state index in [-0.39, 0.29) is 24.2 Å². The van der Waals surface area contributed by atoms with Gasteiger partial charge in [-0.05, 0) is 115 Å². The van der Waals surface area contributed by atoms with Crippen LogP contribution < -0.4 is 0 Å². The van der Waals surface area contributed by atoms with Gasteiger partial charge in [-0.3, -0.25) is 14.6 Å². The van der Waals surface area contributed by atoms with E-state index in [1.165, 1.54) is 16.7 Å². The Morgan fingerprint density at radius 2 is 1.56 bits per heavy atom. The van der Waals surface area contributed by atoms with Gasteiger partial charge in [0.25, 0.3) is 0 Å². The third kappa shape index (κ3) is 8.01. The van der Waals surface area contributed by atoms with E-state index in [1.807, 2.05) is 31.0 Å². The first-order valence-corrected chi connectivity index (χ1v) is 17.6. The number of ether oxygens (including phenoxy) is 2. The summed E-state index contributed by atoms with van der Waals surface area (Å²) in [5, 5.41) is 0.750. The zero-order valence-electron chi connectivity index (χ0n) is 25.1. The van der Waals surface area contributed by atoms with Crippen molar-refractivity contribution in [1.29, 1.82) is 0 Å². The molecule has 0 unspecified atom stereocenters. The molecule has 234 valence electrons. The van der Waals surface area contributed by atoms with Gasteiger partial charge in [0.15, 0.2) is 6.29 Å². The Labute approximate surface area is 277 Å². The summed E-state index contributed by atoms with van der Waals surface area (Å²) in [6.45, 7) is 7.74. The number of pyridine rings is 1.